The van der Waals surface area contributed by atoms with Gasteiger partial charge in [0.15, 0.2) is 0 Å². The maximum Gasteiger partial charge on any atom is 0.585 e. The smallest absolute Gasteiger partial charge is 0.0849 e. The molecule has 0 unspecified atom stereocenters. The zero-order chi connectivity index (χ0) is 5.11. The maximum absolute atomic E-state index is 8.06. The van der Waals surface area contributed by atoms with Crippen LogP contribution >= 0.6 is 11.3 Å². The molecular formula is C4H3N2S+. The molecule has 0 spiro atoms. The Morgan fingerprint density at radius 2 is 2.57 bits per heavy atom. The summed E-state index contributed by atoms with van der Waals surface area (Å²) in [5.74, 6) is 0. The minimum Gasteiger partial charge on any atom is -0.0849 e. The summed E-state index contributed by atoms with van der Waals surface area (Å²) in [7, 11) is 0. The van der Waals surface area contributed by atoms with Crippen LogP contribution in [0.15, 0.2) is 17.5 Å². The number of thiophene rings is 1. The molecule has 0 aliphatic heterocycles. The molecule has 1 heterocycles. The SMILES string of the molecule is [N-]=[N+2]c1cccs1. The van der Waals surface area contributed by atoms with Crippen molar-refractivity contribution >= 4 is 16.3 Å². The lowest BCUT2D eigenvalue weighted by atomic mass is 10.6. The van der Waals surface area contributed by atoms with E-state index in [4.69, 9.17) is 5.53 Å². The maximum atomic E-state index is 8.06. The highest BCUT2D eigenvalue weighted by molar-refractivity contribution is 7.13. The Morgan fingerprint density at radius 3 is 2.86 bits per heavy atom. The standard InChI is InChI=1S/C4H3N2S/c5-6-4-2-1-3-7-4/h1-3H/q+1. The van der Waals surface area contributed by atoms with Crippen molar-refractivity contribution < 1.29 is 0 Å². The van der Waals surface area contributed by atoms with Crippen LogP contribution in [-0.2, 0) is 0 Å². The Kier molecular flexibility index (Phi) is 1.11. The Labute approximate surface area is 45.3 Å². The fourth-order valence-corrected chi connectivity index (χ4v) is 0.828. The summed E-state index contributed by atoms with van der Waals surface area (Å²) in [5.41, 5.74) is 8.06. The summed E-state index contributed by atoms with van der Waals surface area (Å²) in [6, 6.07) is 3.57. The van der Waals surface area contributed by atoms with Crippen molar-refractivity contribution in [2.75, 3.05) is 0 Å². The number of nitrogens with zero attached hydrogens (tertiary/aromatic N) is 2. The van der Waals surface area contributed by atoms with Gasteiger partial charge in [0.2, 0.25) is 5.11 Å². The molecule has 34 valence electrons. The average molecular weight is 111 g/mol. The Bertz CT molecular complexity index is 145. The van der Waals surface area contributed by atoms with E-state index < -0.39 is 0 Å². The summed E-state index contributed by atoms with van der Waals surface area (Å²) < 4.78 is 0. The van der Waals surface area contributed by atoms with Gasteiger partial charge < -0.3 is 0 Å². The quantitative estimate of drug-likeness (QED) is 0.495. The number of hydrogen-bond donors (Lipinski definition) is 0. The van der Waals surface area contributed by atoms with E-state index in [2.05, 4.69) is 5.11 Å². The molecule has 0 saturated heterocycles. The normalized spacial score (nSPS) is 8.00. The van der Waals surface area contributed by atoms with E-state index in [1.54, 1.807) is 6.07 Å². The predicted octanol–water partition coefficient (Wildman–Crippen LogP) is 1.74. The number of rotatable bonds is 1. The zero-order valence-electron chi connectivity index (χ0n) is 3.53. The van der Waals surface area contributed by atoms with Crippen molar-refractivity contribution in [2.45, 2.75) is 0 Å². The number of hydrogen-bond acceptors (Lipinski definition) is 2. The molecular weight excluding hydrogens is 108 g/mol. The van der Waals surface area contributed by atoms with Crippen LogP contribution < -0.4 is 5.11 Å². The van der Waals surface area contributed by atoms with Gasteiger partial charge >= 0.3 is 5.00 Å². The minimum atomic E-state index is 0.653. The predicted molar refractivity (Wildman–Crippen MR) is 29.5 cm³/mol. The van der Waals surface area contributed by atoms with Gasteiger partial charge in [0, 0.05) is 5.38 Å². The molecule has 0 aromatic carbocycles. The lowest BCUT2D eigenvalue weighted by molar-refractivity contribution is 1.41. The van der Waals surface area contributed by atoms with E-state index in [1.165, 1.54) is 11.3 Å². The van der Waals surface area contributed by atoms with Gasteiger partial charge in [-0.15, -0.1) is 0 Å². The van der Waals surface area contributed by atoms with Crippen molar-refractivity contribution in [3.8, 4) is 0 Å². The third-order valence-electron chi connectivity index (χ3n) is 0.605. The molecule has 7 heavy (non-hydrogen) atoms. The van der Waals surface area contributed by atoms with Crippen LogP contribution in [0.25, 0.3) is 5.53 Å². The minimum absolute atomic E-state index is 0.653. The summed E-state index contributed by atoms with van der Waals surface area (Å²) >= 11 is 1.41. The van der Waals surface area contributed by atoms with Gasteiger partial charge in [0.25, 0.3) is 0 Å². The summed E-state index contributed by atoms with van der Waals surface area (Å²) in [4.78, 5) is 0. The molecule has 0 aliphatic carbocycles. The van der Waals surface area contributed by atoms with Crippen molar-refractivity contribution in [3.05, 3.63) is 23.0 Å². The lowest BCUT2D eigenvalue weighted by Gasteiger charge is -1.40. The Balaban J connectivity index is 2.96. The van der Waals surface area contributed by atoms with Crippen molar-refractivity contribution in [1.82, 2.24) is 5.11 Å². The van der Waals surface area contributed by atoms with E-state index in [0.29, 0.717) is 5.00 Å². The van der Waals surface area contributed by atoms with E-state index in [0.717, 1.165) is 0 Å². The van der Waals surface area contributed by atoms with Gasteiger partial charge in [-0.05, 0) is 17.4 Å². The molecule has 1 rings (SSSR count). The van der Waals surface area contributed by atoms with Crippen molar-refractivity contribution in [1.29, 1.82) is 0 Å². The van der Waals surface area contributed by atoms with Gasteiger partial charge in [-0.2, -0.15) is 0 Å². The van der Waals surface area contributed by atoms with Gasteiger partial charge in [-0.3, -0.25) is 0 Å². The highest BCUT2D eigenvalue weighted by Gasteiger charge is 2.08. The molecule has 0 fully saturated rings. The highest BCUT2D eigenvalue weighted by atomic mass is 32.1. The van der Waals surface area contributed by atoms with E-state index in [-0.39, 0.29) is 0 Å². The van der Waals surface area contributed by atoms with E-state index >= 15 is 0 Å². The fraction of sp³-hybridized carbons (Fsp3) is 0. The first-order valence-corrected chi connectivity index (χ1v) is 2.70. The third kappa shape index (κ3) is 0.796. The van der Waals surface area contributed by atoms with Crippen LogP contribution in [0.2, 0.25) is 0 Å². The van der Waals surface area contributed by atoms with Gasteiger partial charge in [-0.25, -0.2) is 0 Å². The van der Waals surface area contributed by atoms with Crippen molar-refractivity contribution in [3.63, 3.8) is 0 Å². The summed E-state index contributed by atoms with van der Waals surface area (Å²) in [6.45, 7) is 0. The zero-order valence-corrected chi connectivity index (χ0v) is 4.35. The molecule has 2 nitrogen and oxygen atoms in total. The molecule has 0 N–H and O–H groups in total. The van der Waals surface area contributed by atoms with Crippen LogP contribution in [0.3, 0.4) is 0 Å². The summed E-state index contributed by atoms with van der Waals surface area (Å²) in [5, 5.41) is 5.46. The molecule has 0 saturated carbocycles. The highest BCUT2D eigenvalue weighted by Crippen LogP contribution is 2.11. The van der Waals surface area contributed by atoms with E-state index in [9.17, 15) is 0 Å². The molecule has 0 atom stereocenters. The molecule has 1 aromatic heterocycles. The summed E-state index contributed by atoms with van der Waals surface area (Å²) in [6.07, 6.45) is 0. The third-order valence-corrected chi connectivity index (χ3v) is 1.36. The van der Waals surface area contributed by atoms with Gasteiger partial charge in [0.05, 0.1) is 6.07 Å². The molecule has 3 heteroatoms. The Morgan fingerprint density at radius 1 is 1.71 bits per heavy atom. The second-order valence-electron chi connectivity index (χ2n) is 1.05. The Hall–Kier alpha value is -0.790. The topological polar surface area (TPSA) is 36.4 Å². The van der Waals surface area contributed by atoms with Gasteiger partial charge in [0.1, 0.15) is 0 Å². The first kappa shape index (κ1) is 4.37. The largest absolute Gasteiger partial charge is 0.585 e. The van der Waals surface area contributed by atoms with E-state index in [1.807, 2.05) is 11.4 Å². The van der Waals surface area contributed by atoms with Crippen LogP contribution in [0.1, 0.15) is 0 Å². The fourth-order valence-electron chi connectivity index (χ4n) is 0.327. The van der Waals surface area contributed by atoms with Crippen molar-refractivity contribution in [2.24, 2.45) is 0 Å². The van der Waals surface area contributed by atoms with Crippen LogP contribution in [-0.4, -0.2) is 0 Å². The average Bonchev–Trinajstić information content (AvgIpc) is 2.14. The van der Waals surface area contributed by atoms with Crippen LogP contribution in [0.4, 0.5) is 5.00 Å². The lowest BCUT2D eigenvalue weighted by Crippen LogP contribution is -1.57. The first-order valence-electron chi connectivity index (χ1n) is 1.82. The van der Waals surface area contributed by atoms with Gasteiger partial charge in [-0.1, -0.05) is 5.53 Å². The molecule has 1 aromatic rings. The molecule has 0 aliphatic rings. The second-order valence-corrected chi connectivity index (χ2v) is 1.98. The monoisotopic (exact) mass is 111 g/mol. The second kappa shape index (κ2) is 1.78. The van der Waals surface area contributed by atoms with Crippen LogP contribution in [0.5, 0.6) is 0 Å². The first-order chi connectivity index (χ1) is 3.43. The molecule has 0 bridgehead atoms. The molecule has 0 radical (unpaired) electrons. The van der Waals surface area contributed by atoms with Crippen LogP contribution in [0, 0.1) is 0 Å². The molecule has 0 amide bonds.